The summed E-state index contributed by atoms with van der Waals surface area (Å²) in [6.45, 7) is 0.463. The molecule has 1 amide bonds. The predicted octanol–water partition coefficient (Wildman–Crippen LogP) is 5.67. The average Bonchev–Trinajstić information content (AvgIpc) is 3.14. The van der Waals surface area contributed by atoms with E-state index in [9.17, 15) is 4.79 Å². The van der Waals surface area contributed by atoms with Gasteiger partial charge in [0, 0.05) is 56.4 Å². The molecule has 0 saturated heterocycles. The molecule has 1 N–H and O–H groups in total. The fourth-order valence-corrected chi connectivity index (χ4v) is 4.23. The largest absolute Gasteiger partial charge is 0.496 e. The first kappa shape index (κ1) is 23.7. The van der Waals surface area contributed by atoms with Gasteiger partial charge in [-0.15, -0.1) is 0 Å². The highest BCUT2D eigenvalue weighted by Crippen LogP contribution is 2.34. The summed E-state index contributed by atoms with van der Waals surface area (Å²) < 4.78 is 18.1. The molecular weight excluding hydrogens is 477 g/mol. The zero-order valence-electron chi connectivity index (χ0n) is 18.9. The number of hydrazone groups is 1. The second kappa shape index (κ2) is 10.2. The molecule has 0 aliphatic heterocycles. The van der Waals surface area contributed by atoms with Crippen LogP contribution < -0.4 is 19.6 Å². The number of nitrogens with zero attached hydrogens (tertiary/aromatic N) is 2. The van der Waals surface area contributed by atoms with Crippen molar-refractivity contribution in [3.8, 4) is 17.2 Å². The molecule has 0 bridgehead atoms. The molecule has 0 radical (unpaired) electrons. The van der Waals surface area contributed by atoms with Gasteiger partial charge in [0.2, 0.25) is 5.91 Å². The van der Waals surface area contributed by atoms with Gasteiger partial charge in [0.05, 0.1) is 27.5 Å². The summed E-state index contributed by atoms with van der Waals surface area (Å²) in [5, 5.41) is 7.35. The minimum atomic E-state index is -0.228. The Labute approximate surface area is 206 Å². The van der Waals surface area contributed by atoms with Gasteiger partial charge in [-0.3, -0.25) is 4.79 Å². The number of carbonyl (C=O) groups is 1. The minimum absolute atomic E-state index is 0.227. The molecule has 3 aromatic carbocycles. The number of carbonyl (C=O) groups excluding carboxylic acids is 1. The maximum atomic E-state index is 12.5. The van der Waals surface area contributed by atoms with Crippen LogP contribution in [0.5, 0.6) is 17.2 Å². The molecule has 7 nitrogen and oxygen atoms in total. The molecule has 0 aliphatic rings. The molecule has 1 heterocycles. The minimum Gasteiger partial charge on any atom is -0.496 e. The molecule has 0 atom stereocenters. The molecule has 1 aromatic heterocycles. The number of halogens is 2. The SMILES string of the molecule is COc1cc(OC)c(OC)cc1/C=N\NC(=O)CCn1c2ccc(Cl)cc2c2cc(Cl)ccc21. The summed E-state index contributed by atoms with van der Waals surface area (Å²) in [7, 11) is 4.64. The standard InChI is InChI=1S/C25H23Cl2N3O4/c1-32-22-13-24(34-3)23(33-2)10-15(22)14-28-29-25(31)8-9-30-20-6-4-16(26)11-18(20)19-12-17(27)5-7-21(19)30/h4-7,10-14H,8-9H2,1-3H3,(H,29,31)/b28-14-. The number of hydrogen-bond acceptors (Lipinski definition) is 5. The van der Waals surface area contributed by atoms with E-state index in [1.165, 1.54) is 6.21 Å². The normalized spacial score (nSPS) is 11.3. The van der Waals surface area contributed by atoms with Gasteiger partial charge < -0.3 is 18.8 Å². The summed E-state index contributed by atoms with van der Waals surface area (Å²) in [6.07, 6.45) is 1.73. The molecule has 0 aliphatic carbocycles. The molecule has 9 heteroatoms. The van der Waals surface area contributed by atoms with Crippen molar-refractivity contribution in [2.45, 2.75) is 13.0 Å². The number of nitrogens with one attached hydrogen (secondary N) is 1. The molecule has 0 unspecified atom stereocenters. The smallest absolute Gasteiger partial charge is 0.241 e. The van der Waals surface area contributed by atoms with Crippen LogP contribution in [0, 0.1) is 0 Å². The maximum absolute atomic E-state index is 12.5. The lowest BCUT2D eigenvalue weighted by Gasteiger charge is -2.11. The van der Waals surface area contributed by atoms with E-state index in [1.807, 2.05) is 36.4 Å². The van der Waals surface area contributed by atoms with E-state index in [0.717, 1.165) is 21.8 Å². The van der Waals surface area contributed by atoms with E-state index in [0.29, 0.717) is 39.4 Å². The fourth-order valence-electron chi connectivity index (χ4n) is 3.89. The Morgan fingerprint density at radius 3 is 2.00 bits per heavy atom. The summed E-state index contributed by atoms with van der Waals surface area (Å²) in [5.74, 6) is 1.38. The summed E-state index contributed by atoms with van der Waals surface area (Å²) in [6, 6.07) is 14.8. The van der Waals surface area contributed by atoms with Crippen LogP contribution in [0.15, 0.2) is 53.6 Å². The first-order valence-electron chi connectivity index (χ1n) is 10.4. The van der Waals surface area contributed by atoms with Gasteiger partial charge in [0.25, 0.3) is 0 Å². The third kappa shape index (κ3) is 4.76. The van der Waals surface area contributed by atoms with Gasteiger partial charge in [-0.2, -0.15) is 5.10 Å². The lowest BCUT2D eigenvalue weighted by molar-refractivity contribution is -0.121. The zero-order valence-corrected chi connectivity index (χ0v) is 20.4. The number of ether oxygens (including phenoxy) is 3. The number of fused-ring (bicyclic) bond motifs is 3. The highest BCUT2D eigenvalue weighted by molar-refractivity contribution is 6.33. The lowest BCUT2D eigenvalue weighted by Crippen LogP contribution is -2.19. The quantitative estimate of drug-likeness (QED) is 0.250. The van der Waals surface area contributed by atoms with Crippen LogP contribution in [0.3, 0.4) is 0 Å². The van der Waals surface area contributed by atoms with Crippen LogP contribution >= 0.6 is 23.2 Å². The van der Waals surface area contributed by atoms with Crippen molar-refractivity contribution in [2.24, 2.45) is 5.10 Å². The fraction of sp³-hybridized carbons (Fsp3) is 0.200. The van der Waals surface area contributed by atoms with E-state index < -0.39 is 0 Å². The molecule has 0 spiro atoms. The van der Waals surface area contributed by atoms with Gasteiger partial charge in [-0.25, -0.2) is 5.43 Å². The Morgan fingerprint density at radius 2 is 1.44 bits per heavy atom. The predicted molar refractivity (Wildman–Crippen MR) is 136 cm³/mol. The van der Waals surface area contributed by atoms with Crippen molar-refractivity contribution in [3.63, 3.8) is 0 Å². The summed E-state index contributed by atoms with van der Waals surface area (Å²) in [4.78, 5) is 12.5. The van der Waals surface area contributed by atoms with Crippen molar-refractivity contribution in [2.75, 3.05) is 21.3 Å². The van der Waals surface area contributed by atoms with E-state index in [-0.39, 0.29) is 12.3 Å². The number of benzene rings is 3. The number of methoxy groups -OCH3 is 3. The first-order valence-corrected chi connectivity index (χ1v) is 11.2. The molecule has 0 saturated carbocycles. The van der Waals surface area contributed by atoms with Crippen LogP contribution in [-0.4, -0.2) is 38.0 Å². The van der Waals surface area contributed by atoms with Gasteiger partial charge in [-0.05, 0) is 42.5 Å². The number of aryl methyl sites for hydroxylation is 1. The van der Waals surface area contributed by atoms with Crippen molar-refractivity contribution < 1.29 is 19.0 Å². The summed E-state index contributed by atoms with van der Waals surface area (Å²) >= 11 is 12.4. The monoisotopic (exact) mass is 499 g/mol. The number of amides is 1. The van der Waals surface area contributed by atoms with Crippen LogP contribution in [0.25, 0.3) is 21.8 Å². The van der Waals surface area contributed by atoms with Crippen LogP contribution in [0.4, 0.5) is 0 Å². The van der Waals surface area contributed by atoms with Crippen molar-refractivity contribution in [1.29, 1.82) is 0 Å². The van der Waals surface area contributed by atoms with E-state index >= 15 is 0 Å². The third-order valence-electron chi connectivity index (χ3n) is 5.48. The number of hydrogen-bond donors (Lipinski definition) is 1. The van der Waals surface area contributed by atoms with Crippen molar-refractivity contribution in [3.05, 3.63) is 64.1 Å². The van der Waals surface area contributed by atoms with Gasteiger partial charge in [-0.1, -0.05) is 23.2 Å². The number of aromatic nitrogens is 1. The third-order valence-corrected chi connectivity index (χ3v) is 5.95. The van der Waals surface area contributed by atoms with Gasteiger partial charge in [0.1, 0.15) is 5.75 Å². The second-order valence-electron chi connectivity index (χ2n) is 7.47. The van der Waals surface area contributed by atoms with Crippen LogP contribution in [0.2, 0.25) is 10.0 Å². The van der Waals surface area contributed by atoms with E-state index in [1.54, 1.807) is 33.5 Å². The first-order chi connectivity index (χ1) is 16.4. The number of rotatable bonds is 8. The van der Waals surface area contributed by atoms with Gasteiger partial charge in [0.15, 0.2) is 11.5 Å². The Balaban J connectivity index is 1.50. The molecular formula is C25H23Cl2N3O4. The van der Waals surface area contributed by atoms with Crippen LogP contribution in [-0.2, 0) is 11.3 Å². The van der Waals surface area contributed by atoms with Gasteiger partial charge >= 0.3 is 0 Å². The van der Waals surface area contributed by atoms with E-state index in [2.05, 4.69) is 15.1 Å². The van der Waals surface area contributed by atoms with Crippen LogP contribution in [0.1, 0.15) is 12.0 Å². The Kier molecular flexibility index (Phi) is 7.14. The Hall–Kier alpha value is -3.42. The molecule has 34 heavy (non-hydrogen) atoms. The Morgan fingerprint density at radius 1 is 0.882 bits per heavy atom. The highest BCUT2D eigenvalue weighted by atomic mass is 35.5. The molecule has 4 aromatic rings. The summed E-state index contributed by atoms with van der Waals surface area (Å²) in [5.41, 5.74) is 5.17. The average molecular weight is 500 g/mol. The van der Waals surface area contributed by atoms with Crippen molar-refractivity contribution >= 4 is 57.1 Å². The topological polar surface area (TPSA) is 74.1 Å². The lowest BCUT2D eigenvalue weighted by atomic mass is 10.1. The maximum Gasteiger partial charge on any atom is 0.241 e. The molecule has 4 rings (SSSR count). The molecule has 176 valence electrons. The zero-order chi connectivity index (χ0) is 24.2. The Bertz CT molecular complexity index is 1340. The second-order valence-corrected chi connectivity index (χ2v) is 8.34. The molecule has 0 fully saturated rings. The van der Waals surface area contributed by atoms with E-state index in [4.69, 9.17) is 37.4 Å². The van der Waals surface area contributed by atoms with Crippen molar-refractivity contribution in [1.82, 2.24) is 9.99 Å². The highest BCUT2D eigenvalue weighted by Gasteiger charge is 2.13.